The molecule has 1 saturated carbocycles. The fourth-order valence-corrected chi connectivity index (χ4v) is 3.08. The van der Waals surface area contributed by atoms with Crippen LogP contribution in [0.3, 0.4) is 0 Å². The number of hydrogen-bond acceptors (Lipinski definition) is 3. The van der Waals surface area contributed by atoms with Crippen LogP contribution in [0.4, 0.5) is 0 Å². The fourth-order valence-electron chi connectivity index (χ4n) is 3.08. The van der Waals surface area contributed by atoms with Crippen molar-refractivity contribution in [3.63, 3.8) is 0 Å². The van der Waals surface area contributed by atoms with E-state index in [9.17, 15) is 0 Å². The Balaban J connectivity index is 1.48. The average Bonchev–Trinajstić information content (AvgIpc) is 2.21. The summed E-state index contributed by atoms with van der Waals surface area (Å²) in [4.78, 5) is 2.47. The van der Waals surface area contributed by atoms with Crippen molar-refractivity contribution < 1.29 is 0 Å². The predicted molar refractivity (Wildman–Crippen MR) is 68.4 cm³/mol. The number of piperidine rings is 1. The van der Waals surface area contributed by atoms with E-state index < -0.39 is 0 Å². The van der Waals surface area contributed by atoms with Crippen molar-refractivity contribution in [1.29, 1.82) is 0 Å². The number of rotatable bonds is 5. The Bertz CT molecular complexity index is 201. The zero-order chi connectivity index (χ0) is 11.4. The van der Waals surface area contributed by atoms with E-state index in [1.807, 2.05) is 0 Å². The van der Waals surface area contributed by atoms with Gasteiger partial charge in [-0.1, -0.05) is 0 Å². The largest absolute Gasteiger partial charge is 0.328 e. The molecule has 16 heavy (non-hydrogen) atoms. The molecule has 0 aromatic carbocycles. The summed E-state index contributed by atoms with van der Waals surface area (Å²) in [5, 5.41) is 3.60. The zero-order valence-corrected chi connectivity index (χ0v) is 10.6. The quantitative estimate of drug-likeness (QED) is 0.687. The van der Waals surface area contributed by atoms with Crippen molar-refractivity contribution in [2.24, 2.45) is 17.6 Å². The maximum atomic E-state index is 5.77. The fraction of sp³-hybridized carbons (Fsp3) is 1.00. The minimum absolute atomic E-state index is 0.499. The smallest absolute Gasteiger partial charge is 0.00450 e. The van der Waals surface area contributed by atoms with Crippen molar-refractivity contribution in [3.8, 4) is 0 Å². The van der Waals surface area contributed by atoms with Gasteiger partial charge >= 0.3 is 0 Å². The molecule has 1 heterocycles. The first kappa shape index (κ1) is 12.3. The van der Waals surface area contributed by atoms with Crippen LogP contribution in [0.15, 0.2) is 0 Å². The Morgan fingerprint density at radius 3 is 2.81 bits per heavy atom. The summed E-state index contributed by atoms with van der Waals surface area (Å²) >= 11 is 0. The molecule has 2 rings (SSSR count). The molecule has 1 aliphatic heterocycles. The number of hydrogen-bond donors (Lipinski definition) is 2. The molecule has 1 saturated heterocycles. The molecule has 0 aromatic rings. The average molecular weight is 225 g/mol. The monoisotopic (exact) mass is 225 g/mol. The molecule has 2 aliphatic rings. The summed E-state index contributed by atoms with van der Waals surface area (Å²) in [7, 11) is 2.25. The lowest BCUT2D eigenvalue weighted by Crippen LogP contribution is -2.42. The molecule has 0 amide bonds. The predicted octanol–water partition coefficient (Wildman–Crippen LogP) is 1.05. The summed E-state index contributed by atoms with van der Waals surface area (Å²) in [6, 6.07) is 0.499. The molecule has 1 aliphatic carbocycles. The molecule has 3 N–H and O–H groups in total. The SMILES string of the molecule is CN1CCCC(CCNCC2CC(N)C2)C1. The van der Waals surface area contributed by atoms with E-state index in [0.29, 0.717) is 6.04 Å². The Morgan fingerprint density at radius 1 is 1.31 bits per heavy atom. The Hall–Kier alpha value is -0.120. The van der Waals surface area contributed by atoms with Gasteiger partial charge in [0.15, 0.2) is 0 Å². The first-order chi connectivity index (χ1) is 7.74. The molecular weight excluding hydrogens is 198 g/mol. The highest BCUT2D eigenvalue weighted by Crippen LogP contribution is 2.24. The summed E-state index contributed by atoms with van der Waals surface area (Å²) in [5.41, 5.74) is 5.77. The maximum absolute atomic E-state index is 5.77. The highest BCUT2D eigenvalue weighted by Gasteiger charge is 2.25. The van der Waals surface area contributed by atoms with Crippen LogP contribution in [0.2, 0.25) is 0 Å². The van der Waals surface area contributed by atoms with Crippen LogP contribution >= 0.6 is 0 Å². The standard InChI is InChI=1S/C13H27N3/c1-16-6-2-3-11(10-16)4-5-15-9-12-7-13(14)8-12/h11-13,15H,2-10,14H2,1H3. The summed E-state index contributed by atoms with van der Waals surface area (Å²) in [5.74, 6) is 1.79. The van der Waals surface area contributed by atoms with Gasteiger partial charge in [0.25, 0.3) is 0 Å². The second-order valence-corrected chi connectivity index (χ2v) is 5.86. The number of nitrogens with zero attached hydrogens (tertiary/aromatic N) is 1. The van der Waals surface area contributed by atoms with E-state index in [1.54, 1.807) is 0 Å². The third-order valence-corrected chi connectivity index (χ3v) is 4.16. The molecule has 94 valence electrons. The number of nitrogens with two attached hydrogens (primary N) is 1. The van der Waals surface area contributed by atoms with Gasteiger partial charge in [0, 0.05) is 12.6 Å². The second kappa shape index (κ2) is 5.99. The minimum atomic E-state index is 0.499. The molecule has 3 heteroatoms. The van der Waals surface area contributed by atoms with Crippen molar-refractivity contribution in [3.05, 3.63) is 0 Å². The lowest BCUT2D eigenvalue weighted by atomic mass is 9.81. The van der Waals surface area contributed by atoms with Crippen LogP contribution in [0.1, 0.15) is 32.1 Å². The van der Waals surface area contributed by atoms with Gasteiger partial charge in [-0.25, -0.2) is 0 Å². The zero-order valence-electron chi connectivity index (χ0n) is 10.6. The van der Waals surface area contributed by atoms with Gasteiger partial charge in [-0.15, -0.1) is 0 Å². The molecule has 2 fully saturated rings. The molecule has 1 unspecified atom stereocenters. The molecule has 3 nitrogen and oxygen atoms in total. The van der Waals surface area contributed by atoms with Gasteiger partial charge in [-0.3, -0.25) is 0 Å². The van der Waals surface area contributed by atoms with Crippen molar-refractivity contribution in [2.75, 3.05) is 33.2 Å². The Morgan fingerprint density at radius 2 is 2.12 bits per heavy atom. The van der Waals surface area contributed by atoms with E-state index in [1.165, 1.54) is 58.3 Å². The molecule has 1 atom stereocenters. The summed E-state index contributed by atoms with van der Waals surface area (Å²) in [6.07, 6.45) is 6.64. The van der Waals surface area contributed by atoms with Crippen molar-refractivity contribution >= 4 is 0 Å². The van der Waals surface area contributed by atoms with E-state index >= 15 is 0 Å². The van der Waals surface area contributed by atoms with Crippen LogP contribution in [-0.2, 0) is 0 Å². The van der Waals surface area contributed by atoms with Crippen LogP contribution in [0.25, 0.3) is 0 Å². The molecular formula is C13H27N3. The minimum Gasteiger partial charge on any atom is -0.328 e. The maximum Gasteiger partial charge on any atom is 0.00450 e. The van der Waals surface area contributed by atoms with Crippen LogP contribution in [0.5, 0.6) is 0 Å². The number of likely N-dealkylation sites (tertiary alicyclic amines) is 1. The Labute approximate surface area is 99.8 Å². The first-order valence-corrected chi connectivity index (χ1v) is 6.89. The van der Waals surface area contributed by atoms with Gasteiger partial charge in [-0.05, 0) is 70.6 Å². The lowest BCUT2D eigenvalue weighted by molar-refractivity contribution is 0.198. The highest BCUT2D eigenvalue weighted by atomic mass is 15.1. The van der Waals surface area contributed by atoms with E-state index in [-0.39, 0.29) is 0 Å². The van der Waals surface area contributed by atoms with Crippen LogP contribution in [0, 0.1) is 11.8 Å². The number of nitrogens with one attached hydrogen (secondary N) is 1. The van der Waals surface area contributed by atoms with Gasteiger partial charge in [0.1, 0.15) is 0 Å². The topological polar surface area (TPSA) is 41.3 Å². The van der Waals surface area contributed by atoms with Crippen LogP contribution in [-0.4, -0.2) is 44.2 Å². The summed E-state index contributed by atoms with van der Waals surface area (Å²) < 4.78 is 0. The van der Waals surface area contributed by atoms with E-state index in [0.717, 1.165) is 11.8 Å². The van der Waals surface area contributed by atoms with Gasteiger partial charge in [0.2, 0.25) is 0 Å². The second-order valence-electron chi connectivity index (χ2n) is 5.86. The third-order valence-electron chi connectivity index (χ3n) is 4.16. The van der Waals surface area contributed by atoms with Crippen LogP contribution < -0.4 is 11.1 Å². The molecule has 0 aromatic heterocycles. The van der Waals surface area contributed by atoms with Gasteiger partial charge < -0.3 is 16.0 Å². The van der Waals surface area contributed by atoms with Gasteiger partial charge in [0.05, 0.1) is 0 Å². The normalized spacial score (nSPS) is 36.0. The molecule has 0 spiro atoms. The summed E-state index contributed by atoms with van der Waals surface area (Å²) in [6.45, 7) is 4.99. The third kappa shape index (κ3) is 3.72. The van der Waals surface area contributed by atoms with Crippen molar-refractivity contribution in [1.82, 2.24) is 10.2 Å². The van der Waals surface area contributed by atoms with Crippen molar-refractivity contribution in [2.45, 2.75) is 38.1 Å². The highest BCUT2D eigenvalue weighted by molar-refractivity contribution is 4.83. The molecule has 0 radical (unpaired) electrons. The lowest BCUT2D eigenvalue weighted by Gasteiger charge is -2.33. The van der Waals surface area contributed by atoms with E-state index in [4.69, 9.17) is 5.73 Å². The Kier molecular flexibility index (Phi) is 4.62. The molecule has 0 bridgehead atoms. The van der Waals surface area contributed by atoms with Gasteiger partial charge in [-0.2, -0.15) is 0 Å². The van der Waals surface area contributed by atoms with E-state index in [2.05, 4.69) is 17.3 Å². The first-order valence-electron chi connectivity index (χ1n) is 6.89.